The van der Waals surface area contributed by atoms with Crippen LogP contribution in [-0.2, 0) is 16.0 Å². The van der Waals surface area contributed by atoms with Gasteiger partial charge in [-0.05, 0) is 47.9 Å². The van der Waals surface area contributed by atoms with Crippen LogP contribution in [0.3, 0.4) is 0 Å². The molecule has 0 unspecified atom stereocenters. The van der Waals surface area contributed by atoms with E-state index in [0.717, 1.165) is 0 Å². The van der Waals surface area contributed by atoms with Crippen LogP contribution in [0.25, 0.3) is 0 Å². The van der Waals surface area contributed by atoms with Crippen molar-refractivity contribution >= 4 is 23.3 Å². The number of carbonyl (C=O) groups is 2. The highest BCUT2D eigenvalue weighted by Crippen LogP contribution is 2.19. The van der Waals surface area contributed by atoms with Crippen molar-refractivity contribution in [2.75, 3.05) is 10.6 Å². The van der Waals surface area contributed by atoms with Crippen molar-refractivity contribution in [3.8, 4) is 11.8 Å². The largest absolute Gasteiger partial charge is 0.471 e. The third-order valence-corrected chi connectivity index (χ3v) is 3.94. The SMILES string of the molecule is O=C(Cc1ccc(F)cc1)Nc1cc(C#Cc2ncccc2NC(=O)C(F)(F)F)ccn1. The number of halogens is 4. The Kier molecular flexibility index (Phi) is 6.80. The van der Waals surface area contributed by atoms with Crippen LogP contribution >= 0.6 is 0 Å². The summed E-state index contributed by atoms with van der Waals surface area (Å²) in [6.07, 6.45) is -2.33. The Bertz CT molecular complexity index is 1200. The Labute approximate surface area is 179 Å². The first-order valence-corrected chi connectivity index (χ1v) is 9.06. The molecule has 0 aliphatic rings. The number of hydrogen-bond donors (Lipinski definition) is 2. The molecule has 3 rings (SSSR count). The minimum atomic E-state index is -5.05. The fraction of sp³-hybridized carbons (Fsp3) is 0.0909. The van der Waals surface area contributed by atoms with E-state index in [1.54, 1.807) is 5.32 Å². The first kappa shape index (κ1) is 22.4. The van der Waals surface area contributed by atoms with Crippen molar-refractivity contribution in [2.45, 2.75) is 12.6 Å². The highest BCUT2D eigenvalue weighted by Gasteiger charge is 2.39. The summed E-state index contributed by atoms with van der Waals surface area (Å²) in [5.41, 5.74) is 0.757. The van der Waals surface area contributed by atoms with Crippen LogP contribution in [-0.4, -0.2) is 28.0 Å². The number of carbonyl (C=O) groups excluding carboxylic acids is 2. The minimum Gasteiger partial charge on any atom is -0.316 e. The monoisotopic (exact) mass is 442 g/mol. The Morgan fingerprint density at radius 2 is 1.69 bits per heavy atom. The van der Waals surface area contributed by atoms with Gasteiger partial charge in [0.1, 0.15) is 17.3 Å². The normalized spacial score (nSPS) is 10.6. The van der Waals surface area contributed by atoms with Crippen LogP contribution in [0, 0.1) is 17.7 Å². The van der Waals surface area contributed by atoms with E-state index in [-0.39, 0.29) is 29.5 Å². The summed E-state index contributed by atoms with van der Waals surface area (Å²) in [7, 11) is 0. The standard InChI is InChI=1S/C22H14F4N4O2/c23-16-6-3-14(4-7-16)13-20(31)30-19-12-15(9-11-28-19)5-8-17-18(2-1-10-27-17)29-21(32)22(24,25)26/h1-4,6-7,9-12H,13H2,(H,29,32)(H,28,30,31). The molecule has 0 saturated carbocycles. The molecule has 2 N–H and O–H groups in total. The highest BCUT2D eigenvalue weighted by atomic mass is 19.4. The van der Waals surface area contributed by atoms with E-state index in [0.29, 0.717) is 11.1 Å². The average Bonchev–Trinajstić information content (AvgIpc) is 2.74. The van der Waals surface area contributed by atoms with Gasteiger partial charge in [0.25, 0.3) is 0 Å². The molecule has 32 heavy (non-hydrogen) atoms. The maximum absolute atomic E-state index is 13.0. The molecule has 0 radical (unpaired) electrons. The number of amides is 2. The molecule has 0 spiro atoms. The smallest absolute Gasteiger partial charge is 0.316 e. The number of anilines is 2. The van der Waals surface area contributed by atoms with Crippen LogP contribution in [0.5, 0.6) is 0 Å². The molecule has 3 aromatic rings. The fourth-order valence-corrected chi connectivity index (χ4v) is 2.48. The number of benzene rings is 1. The highest BCUT2D eigenvalue weighted by molar-refractivity contribution is 5.95. The minimum absolute atomic E-state index is 0.00800. The molecule has 10 heteroatoms. The number of pyridine rings is 2. The van der Waals surface area contributed by atoms with Gasteiger partial charge >= 0.3 is 12.1 Å². The van der Waals surface area contributed by atoms with Crippen LogP contribution in [0.4, 0.5) is 29.1 Å². The zero-order valence-electron chi connectivity index (χ0n) is 16.2. The predicted octanol–water partition coefficient (Wildman–Crippen LogP) is 3.70. The molecule has 2 heterocycles. The van der Waals surface area contributed by atoms with Gasteiger partial charge in [0.05, 0.1) is 12.1 Å². The summed E-state index contributed by atoms with van der Waals surface area (Å²) in [4.78, 5) is 31.2. The van der Waals surface area contributed by atoms with Gasteiger partial charge in [-0.3, -0.25) is 9.59 Å². The first-order chi connectivity index (χ1) is 15.2. The quantitative estimate of drug-likeness (QED) is 0.477. The lowest BCUT2D eigenvalue weighted by Crippen LogP contribution is -2.30. The topological polar surface area (TPSA) is 84.0 Å². The van der Waals surface area contributed by atoms with E-state index in [9.17, 15) is 27.2 Å². The summed E-state index contributed by atoms with van der Waals surface area (Å²) >= 11 is 0. The van der Waals surface area contributed by atoms with Gasteiger partial charge in [-0.15, -0.1) is 0 Å². The Morgan fingerprint density at radius 3 is 2.41 bits per heavy atom. The Hall–Kier alpha value is -4.26. The number of aromatic nitrogens is 2. The number of hydrogen-bond acceptors (Lipinski definition) is 4. The zero-order valence-corrected chi connectivity index (χ0v) is 16.2. The summed E-state index contributed by atoms with van der Waals surface area (Å²) in [5.74, 6) is 2.58. The molecule has 1 aromatic carbocycles. The van der Waals surface area contributed by atoms with Crippen molar-refractivity contribution in [2.24, 2.45) is 0 Å². The van der Waals surface area contributed by atoms with Gasteiger partial charge in [0, 0.05) is 18.0 Å². The molecule has 0 atom stereocenters. The molecule has 0 aliphatic heterocycles. The molecular weight excluding hydrogens is 428 g/mol. The average molecular weight is 442 g/mol. The van der Waals surface area contributed by atoms with Crippen molar-refractivity contribution in [3.63, 3.8) is 0 Å². The maximum atomic E-state index is 13.0. The van der Waals surface area contributed by atoms with E-state index >= 15 is 0 Å². The summed E-state index contributed by atoms with van der Waals surface area (Å²) in [6.45, 7) is 0. The predicted molar refractivity (Wildman–Crippen MR) is 108 cm³/mol. The van der Waals surface area contributed by atoms with E-state index in [1.165, 1.54) is 60.9 Å². The molecule has 2 aromatic heterocycles. The molecule has 6 nitrogen and oxygen atoms in total. The third-order valence-electron chi connectivity index (χ3n) is 3.94. The van der Waals surface area contributed by atoms with E-state index in [1.807, 2.05) is 0 Å². The van der Waals surface area contributed by atoms with Crippen LogP contribution in [0.15, 0.2) is 60.9 Å². The molecule has 0 fully saturated rings. The molecule has 0 aliphatic carbocycles. The van der Waals surface area contributed by atoms with Gasteiger partial charge in [0.15, 0.2) is 0 Å². The van der Waals surface area contributed by atoms with Gasteiger partial charge < -0.3 is 10.6 Å². The number of rotatable bonds is 4. The van der Waals surface area contributed by atoms with Crippen molar-refractivity contribution in [3.05, 3.63) is 83.6 Å². The molecule has 162 valence electrons. The van der Waals surface area contributed by atoms with Gasteiger partial charge in [-0.1, -0.05) is 18.1 Å². The number of alkyl halides is 3. The lowest BCUT2D eigenvalue weighted by atomic mass is 10.1. The van der Waals surface area contributed by atoms with E-state index in [4.69, 9.17) is 0 Å². The molecule has 2 amide bonds. The van der Waals surface area contributed by atoms with E-state index < -0.39 is 17.9 Å². The summed E-state index contributed by atoms with van der Waals surface area (Å²) in [6, 6.07) is 11.1. The molecular formula is C22H14F4N4O2. The Balaban J connectivity index is 1.72. The lowest BCUT2D eigenvalue weighted by molar-refractivity contribution is -0.167. The molecule has 0 bridgehead atoms. The van der Waals surface area contributed by atoms with Crippen molar-refractivity contribution in [1.82, 2.24) is 9.97 Å². The van der Waals surface area contributed by atoms with Gasteiger partial charge in [0.2, 0.25) is 5.91 Å². The van der Waals surface area contributed by atoms with Crippen LogP contribution in [0.2, 0.25) is 0 Å². The lowest BCUT2D eigenvalue weighted by Gasteiger charge is -2.08. The first-order valence-electron chi connectivity index (χ1n) is 9.06. The third kappa shape index (κ3) is 6.37. The van der Waals surface area contributed by atoms with E-state index in [2.05, 4.69) is 27.1 Å². The number of nitrogens with one attached hydrogen (secondary N) is 2. The van der Waals surface area contributed by atoms with Crippen molar-refractivity contribution in [1.29, 1.82) is 0 Å². The number of nitrogens with zero attached hydrogens (tertiary/aromatic N) is 2. The molecule has 0 saturated heterocycles. The zero-order chi connectivity index (χ0) is 23.1. The summed E-state index contributed by atoms with van der Waals surface area (Å²) < 4.78 is 50.4. The second-order valence-electron chi connectivity index (χ2n) is 6.38. The van der Waals surface area contributed by atoms with Gasteiger partial charge in [-0.2, -0.15) is 13.2 Å². The van der Waals surface area contributed by atoms with Crippen LogP contribution in [0.1, 0.15) is 16.8 Å². The van der Waals surface area contributed by atoms with Crippen molar-refractivity contribution < 1.29 is 27.2 Å². The summed E-state index contributed by atoms with van der Waals surface area (Å²) in [5, 5.41) is 4.32. The van der Waals surface area contributed by atoms with Crippen LogP contribution < -0.4 is 10.6 Å². The Morgan fingerprint density at radius 1 is 0.938 bits per heavy atom. The second-order valence-corrected chi connectivity index (χ2v) is 6.38. The maximum Gasteiger partial charge on any atom is 0.471 e. The second kappa shape index (κ2) is 9.70. The fourth-order valence-electron chi connectivity index (χ4n) is 2.48. The van der Waals surface area contributed by atoms with Gasteiger partial charge in [-0.25, -0.2) is 14.4 Å².